The molecule has 1 aliphatic rings. The van der Waals surface area contributed by atoms with E-state index in [2.05, 4.69) is 15.0 Å². The number of benzene rings is 1. The molecule has 1 aromatic carbocycles. The molecule has 1 fully saturated rings. The quantitative estimate of drug-likeness (QED) is 0.348. The fourth-order valence-corrected chi connectivity index (χ4v) is 6.07. The normalized spacial score (nSPS) is 15.6. The van der Waals surface area contributed by atoms with Crippen LogP contribution in [0.2, 0.25) is 4.34 Å². The number of aliphatic hydroxyl groups is 1. The first-order valence-electron chi connectivity index (χ1n) is 12.1. The van der Waals surface area contributed by atoms with E-state index in [1.807, 2.05) is 6.07 Å². The van der Waals surface area contributed by atoms with Crippen molar-refractivity contribution in [2.24, 2.45) is 0 Å². The average molecular weight is 580 g/mol. The van der Waals surface area contributed by atoms with Crippen LogP contribution < -0.4 is 4.74 Å². The summed E-state index contributed by atoms with van der Waals surface area (Å²) in [7, 11) is 1.50. The van der Waals surface area contributed by atoms with Crippen LogP contribution in [0.1, 0.15) is 32.5 Å². The molecule has 0 radical (unpaired) electrons. The van der Waals surface area contributed by atoms with E-state index < -0.39 is 17.8 Å². The fourth-order valence-electron chi connectivity index (χ4n) is 4.89. The number of aliphatic hydroxyl groups excluding tert-OH is 1. The molecule has 0 saturated carbocycles. The van der Waals surface area contributed by atoms with Crippen molar-refractivity contribution in [3.63, 3.8) is 0 Å². The van der Waals surface area contributed by atoms with Crippen molar-refractivity contribution >= 4 is 34.5 Å². The van der Waals surface area contributed by atoms with Gasteiger partial charge in [-0.2, -0.15) is 18.3 Å². The molecular weight excluding hydrogens is 555 g/mol. The number of carbonyl (C=O) groups is 1. The maximum atomic E-state index is 14.2. The molecular formula is C26H25ClF3N5O3S. The Hall–Kier alpha value is -3.19. The van der Waals surface area contributed by atoms with Crippen LogP contribution in [0.15, 0.2) is 42.6 Å². The monoisotopic (exact) mass is 579 g/mol. The number of amides is 1. The number of methoxy groups -OCH3 is 1. The molecule has 4 aromatic rings. The summed E-state index contributed by atoms with van der Waals surface area (Å²) >= 11 is 7.45. The van der Waals surface area contributed by atoms with Crippen molar-refractivity contribution in [2.45, 2.75) is 19.1 Å². The van der Waals surface area contributed by atoms with Gasteiger partial charge in [0.25, 0.3) is 5.91 Å². The first kappa shape index (κ1) is 27.4. The Kier molecular flexibility index (Phi) is 7.55. The Balaban J connectivity index is 1.46. The molecule has 5 rings (SSSR count). The molecule has 8 nitrogen and oxygen atoms in total. The minimum Gasteiger partial charge on any atom is -0.497 e. The second-order valence-corrected chi connectivity index (χ2v) is 10.9. The highest BCUT2D eigenvalue weighted by Gasteiger charge is 2.39. The van der Waals surface area contributed by atoms with Crippen molar-refractivity contribution in [1.82, 2.24) is 24.4 Å². The van der Waals surface area contributed by atoms with Crippen LogP contribution in [0.3, 0.4) is 0 Å². The molecule has 206 valence electrons. The number of ether oxygens (including phenoxy) is 1. The van der Waals surface area contributed by atoms with E-state index in [1.165, 1.54) is 25.4 Å². The molecule has 1 N–H and O–H groups in total. The van der Waals surface area contributed by atoms with Gasteiger partial charge in [-0.1, -0.05) is 11.6 Å². The Morgan fingerprint density at radius 2 is 1.85 bits per heavy atom. The van der Waals surface area contributed by atoms with Gasteiger partial charge in [0.1, 0.15) is 11.3 Å². The van der Waals surface area contributed by atoms with Gasteiger partial charge in [0.05, 0.1) is 36.0 Å². The average Bonchev–Trinajstić information content (AvgIpc) is 3.54. The Morgan fingerprint density at radius 1 is 1.15 bits per heavy atom. The first-order chi connectivity index (χ1) is 18.6. The van der Waals surface area contributed by atoms with Crippen LogP contribution >= 0.6 is 22.9 Å². The van der Waals surface area contributed by atoms with E-state index in [9.17, 15) is 23.1 Å². The number of halogens is 4. The maximum Gasteiger partial charge on any atom is 0.433 e. The topological polar surface area (TPSA) is 83.2 Å². The summed E-state index contributed by atoms with van der Waals surface area (Å²) in [6, 6.07) is 9.93. The molecule has 3 aromatic heterocycles. The number of piperazine rings is 1. The molecule has 39 heavy (non-hydrogen) atoms. The lowest BCUT2D eigenvalue weighted by atomic mass is 10.0. The maximum absolute atomic E-state index is 14.2. The zero-order valence-corrected chi connectivity index (χ0v) is 22.6. The van der Waals surface area contributed by atoms with Gasteiger partial charge in [0, 0.05) is 42.2 Å². The summed E-state index contributed by atoms with van der Waals surface area (Å²) in [5.41, 5.74) is -0.683. The molecule has 1 aliphatic heterocycles. The smallest absolute Gasteiger partial charge is 0.433 e. The van der Waals surface area contributed by atoms with E-state index in [0.29, 0.717) is 46.3 Å². The van der Waals surface area contributed by atoms with Gasteiger partial charge < -0.3 is 14.7 Å². The number of alkyl halides is 3. The van der Waals surface area contributed by atoms with Crippen LogP contribution in [0.25, 0.3) is 16.9 Å². The highest BCUT2D eigenvalue weighted by molar-refractivity contribution is 7.16. The Bertz CT molecular complexity index is 1500. The van der Waals surface area contributed by atoms with Gasteiger partial charge in [-0.3, -0.25) is 9.69 Å². The fraction of sp³-hybridized carbons (Fsp3) is 0.346. The minimum absolute atomic E-state index is 0.00698. The van der Waals surface area contributed by atoms with Crippen molar-refractivity contribution < 1.29 is 27.8 Å². The van der Waals surface area contributed by atoms with E-state index in [0.717, 1.165) is 11.1 Å². The number of nitrogens with zero attached hydrogens (tertiary/aromatic N) is 5. The van der Waals surface area contributed by atoms with Crippen molar-refractivity contribution in [3.05, 3.63) is 68.6 Å². The molecule has 1 saturated heterocycles. The van der Waals surface area contributed by atoms with Gasteiger partial charge in [-0.05, 0) is 43.3 Å². The van der Waals surface area contributed by atoms with Crippen molar-refractivity contribution in [2.75, 3.05) is 39.9 Å². The lowest BCUT2D eigenvalue weighted by Crippen LogP contribution is -2.50. The van der Waals surface area contributed by atoms with Crippen LogP contribution in [0, 0.1) is 6.92 Å². The molecule has 13 heteroatoms. The van der Waals surface area contributed by atoms with Gasteiger partial charge in [0.15, 0.2) is 11.3 Å². The summed E-state index contributed by atoms with van der Waals surface area (Å²) in [4.78, 5) is 22.6. The van der Waals surface area contributed by atoms with Gasteiger partial charge >= 0.3 is 6.18 Å². The third kappa shape index (κ3) is 5.21. The predicted octanol–water partition coefficient (Wildman–Crippen LogP) is 4.94. The van der Waals surface area contributed by atoms with E-state index in [4.69, 9.17) is 16.3 Å². The third-order valence-corrected chi connectivity index (χ3v) is 8.22. The second kappa shape index (κ2) is 10.8. The standard InChI is InChI=1S/C26H25ClF3N5O3S/c1-15-22(16-3-5-17(38-2)6-4-16)32-24-18(13-31-35(24)23(15)26(28,29)30)25(37)34-11-9-33(10-12-34)19(14-36)20-7-8-21(27)39-20/h3-8,13,19,36H,9-12,14H2,1-2H3/t19-/m1/s1. The molecule has 4 heterocycles. The number of aromatic nitrogens is 3. The molecule has 0 spiro atoms. The van der Waals surface area contributed by atoms with E-state index >= 15 is 0 Å². The second-order valence-electron chi connectivity index (χ2n) is 9.12. The predicted molar refractivity (Wildman–Crippen MR) is 141 cm³/mol. The summed E-state index contributed by atoms with van der Waals surface area (Å²) in [5.74, 6) is 0.105. The number of hydrogen-bond acceptors (Lipinski definition) is 7. The van der Waals surface area contributed by atoms with Crippen LogP contribution in [-0.4, -0.2) is 75.3 Å². The number of rotatable bonds is 6. The molecule has 0 unspecified atom stereocenters. The lowest BCUT2D eigenvalue weighted by Gasteiger charge is -2.38. The molecule has 1 atom stereocenters. The highest BCUT2D eigenvalue weighted by atomic mass is 35.5. The van der Waals surface area contributed by atoms with Gasteiger partial charge in [-0.25, -0.2) is 9.50 Å². The van der Waals surface area contributed by atoms with Crippen LogP contribution in [0.4, 0.5) is 13.2 Å². The summed E-state index contributed by atoms with van der Waals surface area (Å²) in [6.07, 6.45) is -3.58. The Morgan fingerprint density at radius 3 is 2.41 bits per heavy atom. The number of thiophene rings is 1. The number of hydrogen-bond donors (Lipinski definition) is 1. The third-order valence-electron chi connectivity index (χ3n) is 6.88. The zero-order chi connectivity index (χ0) is 27.9. The largest absolute Gasteiger partial charge is 0.497 e. The summed E-state index contributed by atoms with van der Waals surface area (Å²) in [6.45, 7) is 2.85. The zero-order valence-electron chi connectivity index (χ0n) is 21.1. The van der Waals surface area contributed by atoms with Crippen LogP contribution in [0.5, 0.6) is 5.75 Å². The minimum atomic E-state index is -4.73. The van der Waals surface area contributed by atoms with E-state index in [1.54, 1.807) is 35.2 Å². The van der Waals surface area contributed by atoms with Crippen LogP contribution in [-0.2, 0) is 6.18 Å². The molecule has 1 amide bonds. The highest BCUT2D eigenvalue weighted by Crippen LogP contribution is 2.37. The Labute approximate surface area is 231 Å². The van der Waals surface area contributed by atoms with E-state index in [-0.39, 0.29) is 35.1 Å². The first-order valence-corrected chi connectivity index (χ1v) is 13.3. The van der Waals surface area contributed by atoms with Crippen molar-refractivity contribution in [3.8, 4) is 17.0 Å². The molecule has 0 bridgehead atoms. The van der Waals surface area contributed by atoms with Gasteiger partial charge in [-0.15, -0.1) is 11.3 Å². The summed E-state index contributed by atoms with van der Waals surface area (Å²) in [5, 5.41) is 13.9. The van der Waals surface area contributed by atoms with Gasteiger partial charge in [0.2, 0.25) is 0 Å². The lowest BCUT2D eigenvalue weighted by molar-refractivity contribution is -0.143. The van der Waals surface area contributed by atoms with Crippen molar-refractivity contribution in [1.29, 1.82) is 0 Å². The SMILES string of the molecule is COc1ccc(-c2nc3c(C(=O)N4CCN([C@H](CO)c5ccc(Cl)s5)CC4)cnn3c(C(F)(F)F)c2C)cc1. The molecule has 0 aliphatic carbocycles. The number of carbonyl (C=O) groups excluding carboxylic acids is 1. The summed E-state index contributed by atoms with van der Waals surface area (Å²) < 4.78 is 49.1. The number of fused-ring (bicyclic) bond motifs is 1.